The van der Waals surface area contributed by atoms with E-state index in [4.69, 9.17) is 16.3 Å². The van der Waals surface area contributed by atoms with Gasteiger partial charge in [0.15, 0.2) is 0 Å². The Morgan fingerprint density at radius 1 is 1.28 bits per heavy atom. The first-order valence-corrected chi connectivity index (χ1v) is 11.1. The van der Waals surface area contributed by atoms with Crippen LogP contribution in [0.1, 0.15) is 37.8 Å². The first-order valence-electron chi connectivity index (χ1n) is 9.84. The van der Waals surface area contributed by atoms with Crippen molar-refractivity contribution in [1.82, 2.24) is 4.90 Å². The van der Waals surface area contributed by atoms with Crippen LogP contribution < -0.4 is 10.1 Å². The lowest BCUT2D eigenvalue weighted by Crippen LogP contribution is -2.37. The van der Waals surface area contributed by atoms with Crippen LogP contribution in [0, 0.1) is 0 Å². The molecule has 2 amide bonds. The van der Waals surface area contributed by atoms with E-state index in [9.17, 15) is 9.59 Å². The zero-order valence-corrected chi connectivity index (χ0v) is 17.8. The molecule has 0 saturated carbocycles. The van der Waals surface area contributed by atoms with Crippen LogP contribution in [0.4, 0.5) is 5.69 Å². The van der Waals surface area contributed by atoms with Gasteiger partial charge in [0.1, 0.15) is 5.75 Å². The molecule has 2 aliphatic rings. The largest absolute Gasteiger partial charge is 0.494 e. The van der Waals surface area contributed by atoms with Crippen molar-refractivity contribution in [2.24, 2.45) is 0 Å². The smallest absolute Gasteiger partial charge is 0.238 e. The predicted octanol–water partition coefficient (Wildman–Crippen LogP) is 4.91. The van der Waals surface area contributed by atoms with E-state index < -0.39 is 5.25 Å². The van der Waals surface area contributed by atoms with Crippen molar-refractivity contribution in [3.8, 4) is 5.75 Å². The highest BCUT2D eigenvalue weighted by Gasteiger charge is 2.35. The molecular formula is C22H23ClN2O3S. The summed E-state index contributed by atoms with van der Waals surface area (Å²) in [4.78, 5) is 28.4. The number of nitrogens with one attached hydrogen (secondary N) is 1. The number of ether oxygens (including phenoxy) is 1. The number of fused-ring (bicyclic) bond motifs is 1. The fraction of sp³-hybridized carbons (Fsp3) is 0.364. The lowest BCUT2D eigenvalue weighted by atomic mass is 10.0. The van der Waals surface area contributed by atoms with Gasteiger partial charge in [0.2, 0.25) is 11.8 Å². The lowest BCUT2D eigenvalue weighted by molar-refractivity contribution is -0.133. The Kier molecular flexibility index (Phi) is 6.01. The van der Waals surface area contributed by atoms with Gasteiger partial charge in [-0.15, -0.1) is 11.8 Å². The number of hydrogen-bond donors (Lipinski definition) is 1. The molecule has 2 heterocycles. The summed E-state index contributed by atoms with van der Waals surface area (Å²) in [6, 6.07) is 13.4. The van der Waals surface area contributed by atoms with Gasteiger partial charge in [0.25, 0.3) is 0 Å². The highest BCUT2D eigenvalue weighted by molar-refractivity contribution is 8.01. The topological polar surface area (TPSA) is 58.6 Å². The number of hydrogen-bond acceptors (Lipinski definition) is 4. The zero-order valence-electron chi connectivity index (χ0n) is 16.2. The van der Waals surface area contributed by atoms with Crippen LogP contribution in [0.5, 0.6) is 5.75 Å². The van der Waals surface area contributed by atoms with Gasteiger partial charge >= 0.3 is 0 Å². The minimum atomic E-state index is -0.433. The van der Waals surface area contributed by atoms with Crippen LogP contribution in [0.15, 0.2) is 47.4 Å². The van der Waals surface area contributed by atoms with E-state index in [1.807, 2.05) is 42.2 Å². The standard InChI is InChI=1S/C22H23ClN2O3S/c1-2-28-16-8-5-14(6-9-16)18-4-3-11-25(18)21(26)13-20-22(27)24-17-12-15(23)7-10-19(17)29-20/h5-10,12,18,20H,2-4,11,13H2,1H3,(H,24,27). The number of benzene rings is 2. The molecule has 0 aliphatic carbocycles. The monoisotopic (exact) mass is 430 g/mol. The molecule has 7 heteroatoms. The summed E-state index contributed by atoms with van der Waals surface area (Å²) in [5, 5.41) is 3.02. The number of carbonyl (C=O) groups excluding carboxylic acids is 2. The Balaban J connectivity index is 1.44. The number of nitrogens with zero attached hydrogens (tertiary/aromatic N) is 1. The van der Waals surface area contributed by atoms with Gasteiger partial charge in [-0.2, -0.15) is 0 Å². The van der Waals surface area contributed by atoms with Crippen molar-refractivity contribution < 1.29 is 14.3 Å². The quantitative estimate of drug-likeness (QED) is 0.732. The molecule has 2 aromatic carbocycles. The summed E-state index contributed by atoms with van der Waals surface area (Å²) < 4.78 is 5.51. The van der Waals surface area contributed by atoms with Crippen LogP contribution in [0.25, 0.3) is 0 Å². The summed E-state index contributed by atoms with van der Waals surface area (Å²) in [7, 11) is 0. The molecular weight excluding hydrogens is 408 g/mol. The van der Waals surface area contributed by atoms with E-state index in [1.54, 1.807) is 12.1 Å². The highest BCUT2D eigenvalue weighted by atomic mass is 35.5. The molecule has 5 nitrogen and oxygen atoms in total. The Bertz CT molecular complexity index is 919. The second kappa shape index (κ2) is 8.67. The number of halogens is 1. The molecule has 0 spiro atoms. The number of carbonyl (C=O) groups is 2. The fourth-order valence-corrected chi connectivity index (χ4v) is 5.15. The van der Waals surface area contributed by atoms with Gasteiger partial charge in [0, 0.05) is 22.9 Å². The van der Waals surface area contributed by atoms with Crippen LogP contribution in [0.3, 0.4) is 0 Å². The molecule has 2 atom stereocenters. The van der Waals surface area contributed by atoms with Crippen LogP contribution >= 0.6 is 23.4 Å². The summed E-state index contributed by atoms with van der Waals surface area (Å²) in [6.07, 6.45) is 2.09. The third kappa shape index (κ3) is 4.38. The molecule has 29 heavy (non-hydrogen) atoms. The van der Waals surface area contributed by atoms with Crippen LogP contribution in [0.2, 0.25) is 5.02 Å². The maximum absolute atomic E-state index is 13.1. The van der Waals surface area contributed by atoms with E-state index in [0.29, 0.717) is 17.3 Å². The second-order valence-electron chi connectivity index (χ2n) is 7.19. The molecule has 2 unspecified atom stereocenters. The second-order valence-corrected chi connectivity index (χ2v) is 8.87. The number of anilines is 1. The number of rotatable bonds is 5. The molecule has 2 aromatic rings. The van der Waals surface area contributed by atoms with Gasteiger partial charge in [-0.1, -0.05) is 23.7 Å². The van der Waals surface area contributed by atoms with Crippen LogP contribution in [-0.2, 0) is 9.59 Å². The number of likely N-dealkylation sites (tertiary alicyclic amines) is 1. The summed E-state index contributed by atoms with van der Waals surface area (Å²) in [5.74, 6) is 0.711. The first-order chi connectivity index (χ1) is 14.0. The van der Waals surface area contributed by atoms with Gasteiger partial charge in [0.05, 0.1) is 23.6 Å². The van der Waals surface area contributed by atoms with Gasteiger partial charge in [-0.3, -0.25) is 9.59 Å². The van der Waals surface area contributed by atoms with E-state index in [0.717, 1.165) is 35.6 Å². The molecule has 0 bridgehead atoms. The molecule has 152 valence electrons. The Labute approximate surface area is 179 Å². The van der Waals surface area contributed by atoms with E-state index >= 15 is 0 Å². The predicted molar refractivity (Wildman–Crippen MR) is 116 cm³/mol. The average Bonchev–Trinajstić information content (AvgIpc) is 3.19. The van der Waals surface area contributed by atoms with Gasteiger partial charge in [-0.25, -0.2) is 0 Å². The van der Waals surface area contributed by atoms with Crippen molar-refractivity contribution >= 4 is 40.9 Å². The van der Waals surface area contributed by atoms with Crippen molar-refractivity contribution in [2.75, 3.05) is 18.5 Å². The minimum Gasteiger partial charge on any atom is -0.494 e. The summed E-state index contributed by atoms with van der Waals surface area (Å²) >= 11 is 7.43. The summed E-state index contributed by atoms with van der Waals surface area (Å²) in [6.45, 7) is 3.31. The molecule has 4 rings (SSSR count). The Morgan fingerprint density at radius 3 is 2.83 bits per heavy atom. The van der Waals surface area contributed by atoms with E-state index in [-0.39, 0.29) is 24.3 Å². The zero-order chi connectivity index (χ0) is 20.4. The normalized spacial score (nSPS) is 20.9. The maximum atomic E-state index is 13.1. The highest BCUT2D eigenvalue weighted by Crippen LogP contribution is 2.40. The molecule has 2 aliphatic heterocycles. The minimum absolute atomic E-state index is 0.0199. The molecule has 0 radical (unpaired) electrons. The Morgan fingerprint density at radius 2 is 2.07 bits per heavy atom. The molecule has 0 aromatic heterocycles. The third-order valence-corrected chi connectivity index (χ3v) is 6.78. The van der Waals surface area contributed by atoms with Crippen molar-refractivity contribution in [2.45, 2.75) is 42.4 Å². The molecule has 1 saturated heterocycles. The lowest BCUT2D eigenvalue weighted by Gasteiger charge is -2.29. The van der Waals surface area contributed by atoms with Crippen molar-refractivity contribution in [3.63, 3.8) is 0 Å². The van der Waals surface area contributed by atoms with Crippen LogP contribution in [-0.4, -0.2) is 35.1 Å². The Hall–Kier alpha value is -2.18. The van der Waals surface area contributed by atoms with Gasteiger partial charge < -0.3 is 15.0 Å². The summed E-state index contributed by atoms with van der Waals surface area (Å²) in [5.41, 5.74) is 1.82. The molecule has 1 fully saturated rings. The maximum Gasteiger partial charge on any atom is 0.238 e. The molecule has 1 N–H and O–H groups in total. The van der Waals surface area contributed by atoms with Crippen molar-refractivity contribution in [1.29, 1.82) is 0 Å². The number of thioether (sulfide) groups is 1. The third-order valence-electron chi connectivity index (χ3n) is 5.27. The fourth-order valence-electron chi connectivity index (χ4n) is 3.90. The van der Waals surface area contributed by atoms with Gasteiger partial charge in [-0.05, 0) is 55.7 Å². The van der Waals surface area contributed by atoms with E-state index in [2.05, 4.69) is 5.32 Å². The van der Waals surface area contributed by atoms with E-state index in [1.165, 1.54) is 11.8 Å². The SMILES string of the molecule is CCOc1ccc(C2CCCN2C(=O)CC2Sc3ccc(Cl)cc3NC2=O)cc1. The average molecular weight is 431 g/mol. The van der Waals surface area contributed by atoms with Crippen molar-refractivity contribution in [3.05, 3.63) is 53.1 Å². The first kappa shape index (κ1) is 20.1. The number of amides is 2.